The summed E-state index contributed by atoms with van der Waals surface area (Å²) in [5.74, 6) is 0.668. The molecular weight excluding hydrogens is 290 g/mol. The minimum atomic E-state index is -0.000537. The monoisotopic (exact) mass is 307 g/mol. The fourth-order valence-corrected chi connectivity index (χ4v) is 2.29. The van der Waals surface area contributed by atoms with Crippen molar-refractivity contribution < 1.29 is 9.53 Å². The summed E-state index contributed by atoms with van der Waals surface area (Å²) in [5, 5.41) is 4.68. The highest BCUT2D eigenvalue weighted by Gasteiger charge is 2.14. The third kappa shape index (κ3) is 3.98. The Morgan fingerprint density at radius 2 is 2.24 bits per heavy atom. The van der Waals surface area contributed by atoms with Crippen LogP contribution in [0.15, 0.2) is 30.6 Å². The molecule has 0 bridgehead atoms. The topological polar surface area (TPSA) is 47.4 Å². The number of aromatic nitrogens is 2. The van der Waals surface area contributed by atoms with E-state index in [0.29, 0.717) is 17.3 Å². The van der Waals surface area contributed by atoms with E-state index in [0.717, 1.165) is 11.1 Å². The zero-order chi connectivity index (χ0) is 15.4. The molecule has 0 aliphatic carbocycles. The Bertz CT molecular complexity index is 640. The molecule has 0 atom stereocenters. The highest BCUT2D eigenvalue weighted by Crippen LogP contribution is 2.23. The average Bonchev–Trinajstić information content (AvgIpc) is 2.84. The molecule has 0 fully saturated rings. The van der Waals surface area contributed by atoms with Crippen LogP contribution < -0.4 is 4.74 Å². The maximum atomic E-state index is 12.3. The first-order valence-corrected chi connectivity index (χ1v) is 6.91. The summed E-state index contributed by atoms with van der Waals surface area (Å²) >= 11 is 5.98. The molecule has 0 radical (unpaired) electrons. The van der Waals surface area contributed by atoms with Gasteiger partial charge in [0, 0.05) is 43.0 Å². The number of ether oxygens (including phenoxy) is 1. The number of rotatable bonds is 5. The number of methoxy groups -OCH3 is 1. The first-order chi connectivity index (χ1) is 9.99. The quantitative estimate of drug-likeness (QED) is 0.851. The number of benzene rings is 1. The number of hydrogen-bond acceptors (Lipinski definition) is 3. The van der Waals surface area contributed by atoms with Gasteiger partial charge in [-0.1, -0.05) is 11.6 Å². The minimum absolute atomic E-state index is 0.000537. The van der Waals surface area contributed by atoms with Gasteiger partial charge >= 0.3 is 0 Å². The maximum Gasteiger partial charge on any atom is 0.227 e. The summed E-state index contributed by atoms with van der Waals surface area (Å²) in [6, 6.07) is 5.27. The largest absolute Gasteiger partial charge is 0.496 e. The smallest absolute Gasteiger partial charge is 0.227 e. The lowest BCUT2D eigenvalue weighted by Gasteiger charge is -2.17. The van der Waals surface area contributed by atoms with Crippen molar-refractivity contribution in [3.63, 3.8) is 0 Å². The van der Waals surface area contributed by atoms with Crippen molar-refractivity contribution in [2.75, 3.05) is 14.2 Å². The Morgan fingerprint density at radius 3 is 2.86 bits per heavy atom. The molecular formula is C15H18ClN3O2. The van der Waals surface area contributed by atoms with Gasteiger partial charge in [0.1, 0.15) is 5.75 Å². The number of halogens is 1. The molecule has 0 spiro atoms. The average molecular weight is 308 g/mol. The van der Waals surface area contributed by atoms with Crippen molar-refractivity contribution in [3.05, 3.63) is 46.7 Å². The van der Waals surface area contributed by atoms with Crippen LogP contribution in [-0.4, -0.2) is 34.7 Å². The Labute approximate surface area is 129 Å². The fraction of sp³-hybridized carbons (Fsp3) is 0.333. The van der Waals surface area contributed by atoms with Gasteiger partial charge in [-0.05, 0) is 18.2 Å². The second-order valence-electron chi connectivity index (χ2n) is 4.90. The molecule has 1 heterocycles. The predicted octanol–water partition coefficient (Wildman–Crippen LogP) is 2.28. The minimum Gasteiger partial charge on any atom is -0.496 e. The molecule has 0 aliphatic rings. The van der Waals surface area contributed by atoms with E-state index in [2.05, 4.69) is 5.10 Å². The second-order valence-corrected chi connectivity index (χ2v) is 5.34. The number of amides is 1. The predicted molar refractivity (Wildman–Crippen MR) is 81.4 cm³/mol. The Morgan fingerprint density at radius 1 is 1.48 bits per heavy atom. The zero-order valence-electron chi connectivity index (χ0n) is 12.3. The Kier molecular flexibility index (Phi) is 4.85. The van der Waals surface area contributed by atoms with Gasteiger partial charge in [0.05, 0.1) is 19.7 Å². The lowest BCUT2D eigenvalue weighted by atomic mass is 10.1. The SMILES string of the molecule is COc1ccc(Cl)cc1CC(=O)N(C)Cc1cnn(C)c1. The molecule has 6 heteroatoms. The van der Waals surface area contributed by atoms with Gasteiger partial charge in [0.15, 0.2) is 0 Å². The highest BCUT2D eigenvalue weighted by atomic mass is 35.5. The van der Waals surface area contributed by atoms with Gasteiger partial charge in [-0.25, -0.2) is 0 Å². The summed E-state index contributed by atoms with van der Waals surface area (Å²) in [4.78, 5) is 14.0. The Hall–Kier alpha value is -2.01. The van der Waals surface area contributed by atoms with Gasteiger partial charge in [0.2, 0.25) is 5.91 Å². The maximum absolute atomic E-state index is 12.3. The first-order valence-electron chi connectivity index (χ1n) is 6.53. The van der Waals surface area contributed by atoms with Crippen LogP contribution >= 0.6 is 11.6 Å². The molecule has 0 unspecified atom stereocenters. The van der Waals surface area contributed by atoms with Gasteiger partial charge in [-0.2, -0.15) is 5.10 Å². The van der Waals surface area contributed by atoms with Gasteiger partial charge in [-0.3, -0.25) is 9.48 Å². The van der Waals surface area contributed by atoms with E-state index in [1.165, 1.54) is 0 Å². The van der Waals surface area contributed by atoms with Crippen molar-refractivity contribution in [2.45, 2.75) is 13.0 Å². The van der Waals surface area contributed by atoms with E-state index >= 15 is 0 Å². The van der Waals surface area contributed by atoms with Crippen LogP contribution in [0.3, 0.4) is 0 Å². The van der Waals surface area contributed by atoms with Crippen LogP contribution in [0.25, 0.3) is 0 Å². The molecule has 1 amide bonds. The molecule has 21 heavy (non-hydrogen) atoms. The van der Waals surface area contributed by atoms with Crippen molar-refractivity contribution in [1.29, 1.82) is 0 Å². The second kappa shape index (κ2) is 6.63. The van der Waals surface area contributed by atoms with E-state index in [-0.39, 0.29) is 12.3 Å². The lowest BCUT2D eigenvalue weighted by Crippen LogP contribution is -2.27. The third-order valence-corrected chi connectivity index (χ3v) is 3.42. The molecule has 112 valence electrons. The molecule has 2 rings (SSSR count). The number of aryl methyl sites for hydroxylation is 1. The zero-order valence-corrected chi connectivity index (χ0v) is 13.1. The number of likely N-dealkylation sites (N-methyl/N-ethyl adjacent to an activating group) is 1. The molecule has 0 N–H and O–H groups in total. The fourth-order valence-electron chi connectivity index (χ4n) is 2.10. The summed E-state index contributed by atoms with van der Waals surface area (Å²) in [5.41, 5.74) is 1.78. The van der Waals surface area contributed by atoms with E-state index in [4.69, 9.17) is 16.3 Å². The van der Waals surface area contributed by atoms with Crippen LogP contribution in [0.1, 0.15) is 11.1 Å². The van der Waals surface area contributed by atoms with E-state index in [9.17, 15) is 4.79 Å². The van der Waals surface area contributed by atoms with Crippen molar-refractivity contribution in [1.82, 2.24) is 14.7 Å². The molecule has 2 aromatic rings. The van der Waals surface area contributed by atoms with Crippen molar-refractivity contribution >= 4 is 17.5 Å². The van der Waals surface area contributed by atoms with Crippen LogP contribution in [0.4, 0.5) is 0 Å². The molecule has 5 nitrogen and oxygen atoms in total. The van der Waals surface area contributed by atoms with Crippen molar-refractivity contribution in [2.24, 2.45) is 7.05 Å². The molecule has 0 saturated heterocycles. The standard InChI is InChI=1S/C15H18ClN3O2/c1-18(9-11-8-17-19(2)10-11)15(20)7-12-6-13(16)4-5-14(12)21-3/h4-6,8,10H,7,9H2,1-3H3. The Balaban J connectivity index is 2.05. The van der Waals surface area contributed by atoms with Crippen LogP contribution in [0.2, 0.25) is 5.02 Å². The normalized spacial score (nSPS) is 10.5. The van der Waals surface area contributed by atoms with Crippen molar-refractivity contribution in [3.8, 4) is 5.75 Å². The van der Waals surface area contributed by atoms with E-state index in [1.807, 2.05) is 13.2 Å². The van der Waals surface area contributed by atoms with E-state index < -0.39 is 0 Å². The third-order valence-electron chi connectivity index (χ3n) is 3.19. The van der Waals surface area contributed by atoms with Gasteiger partial charge in [0.25, 0.3) is 0 Å². The summed E-state index contributed by atoms with van der Waals surface area (Å²) in [7, 11) is 5.20. The number of nitrogens with zero attached hydrogens (tertiary/aromatic N) is 3. The van der Waals surface area contributed by atoms with Crippen LogP contribution in [0, 0.1) is 0 Å². The summed E-state index contributed by atoms with van der Waals surface area (Å²) in [6.07, 6.45) is 3.90. The highest BCUT2D eigenvalue weighted by molar-refractivity contribution is 6.30. The van der Waals surface area contributed by atoms with E-state index in [1.54, 1.807) is 48.1 Å². The van der Waals surface area contributed by atoms with Gasteiger partial charge < -0.3 is 9.64 Å². The van der Waals surface area contributed by atoms with Gasteiger partial charge in [-0.15, -0.1) is 0 Å². The lowest BCUT2D eigenvalue weighted by molar-refractivity contribution is -0.129. The molecule has 0 aliphatic heterocycles. The van der Waals surface area contributed by atoms with Crippen LogP contribution in [0.5, 0.6) is 5.75 Å². The molecule has 1 aromatic heterocycles. The van der Waals surface area contributed by atoms with Crippen LogP contribution in [-0.2, 0) is 24.8 Å². The first kappa shape index (κ1) is 15.4. The summed E-state index contributed by atoms with van der Waals surface area (Å²) in [6.45, 7) is 0.523. The molecule has 1 aromatic carbocycles. The number of hydrogen-bond donors (Lipinski definition) is 0. The summed E-state index contributed by atoms with van der Waals surface area (Å²) < 4.78 is 6.98. The number of carbonyl (C=O) groups excluding carboxylic acids is 1. The molecule has 0 saturated carbocycles. The number of carbonyl (C=O) groups is 1.